The predicted octanol–water partition coefficient (Wildman–Crippen LogP) is 4.44. The van der Waals surface area contributed by atoms with Gasteiger partial charge in [0.2, 0.25) is 5.91 Å². The summed E-state index contributed by atoms with van der Waals surface area (Å²) in [5, 5.41) is 0.624. The van der Waals surface area contributed by atoms with Crippen LogP contribution >= 0.6 is 23.4 Å². The summed E-state index contributed by atoms with van der Waals surface area (Å²) in [5.74, 6) is -0.143. The summed E-state index contributed by atoms with van der Waals surface area (Å²) in [6.07, 6.45) is 3.90. The van der Waals surface area contributed by atoms with Crippen molar-refractivity contribution < 1.29 is 9.59 Å². The van der Waals surface area contributed by atoms with Crippen LogP contribution in [0.1, 0.15) is 18.4 Å². The number of carbonyl (C=O) groups excluding carboxylic acids is 2. The van der Waals surface area contributed by atoms with Gasteiger partial charge in [-0.1, -0.05) is 47.6 Å². The Labute approximate surface area is 167 Å². The predicted molar refractivity (Wildman–Crippen MR) is 110 cm³/mol. The largest absolute Gasteiger partial charge is 0.341 e. The van der Waals surface area contributed by atoms with E-state index in [2.05, 4.69) is 0 Å². The molecular weight excluding hydrogens is 380 g/mol. The molecule has 1 saturated heterocycles. The summed E-state index contributed by atoms with van der Waals surface area (Å²) < 4.78 is 0. The van der Waals surface area contributed by atoms with Gasteiger partial charge in [-0.3, -0.25) is 14.5 Å². The number of amides is 2. The van der Waals surface area contributed by atoms with Gasteiger partial charge in [0.1, 0.15) is 6.54 Å². The molecule has 0 radical (unpaired) electrons. The minimum absolute atomic E-state index is 0.00431. The number of thioether (sulfide) groups is 1. The first-order chi connectivity index (χ1) is 13.1. The topological polar surface area (TPSA) is 40.6 Å². The van der Waals surface area contributed by atoms with Crippen LogP contribution in [-0.4, -0.2) is 36.3 Å². The van der Waals surface area contributed by atoms with Crippen molar-refractivity contribution in [2.24, 2.45) is 0 Å². The van der Waals surface area contributed by atoms with Crippen LogP contribution in [0.15, 0.2) is 58.3 Å². The standard InChI is InChI=1S/C21H19ClN2O2S/c22-16-7-5-6-15(12-16)13-19-21(26)24(14-20(25)23-10-3-4-11-23)17-8-1-2-9-18(17)27-19/h1-2,5-9,12-13H,3-4,10-11,14H2. The van der Waals surface area contributed by atoms with Gasteiger partial charge in [0, 0.05) is 23.0 Å². The lowest BCUT2D eigenvalue weighted by Crippen LogP contribution is -2.43. The zero-order chi connectivity index (χ0) is 18.8. The van der Waals surface area contributed by atoms with E-state index in [4.69, 9.17) is 11.6 Å². The van der Waals surface area contributed by atoms with Crippen molar-refractivity contribution in [3.8, 4) is 0 Å². The zero-order valence-electron chi connectivity index (χ0n) is 14.7. The number of hydrogen-bond acceptors (Lipinski definition) is 3. The molecule has 2 aromatic carbocycles. The monoisotopic (exact) mass is 398 g/mol. The molecule has 0 atom stereocenters. The minimum Gasteiger partial charge on any atom is -0.341 e. The zero-order valence-corrected chi connectivity index (χ0v) is 16.3. The second-order valence-corrected chi connectivity index (χ2v) is 8.13. The Morgan fingerprint density at radius 1 is 1.11 bits per heavy atom. The third-order valence-electron chi connectivity index (χ3n) is 4.73. The van der Waals surface area contributed by atoms with Crippen molar-refractivity contribution in [3.63, 3.8) is 0 Å². The highest BCUT2D eigenvalue weighted by atomic mass is 35.5. The lowest BCUT2D eigenvalue weighted by atomic mass is 10.2. The minimum atomic E-state index is -0.147. The quantitative estimate of drug-likeness (QED) is 0.717. The van der Waals surface area contributed by atoms with Crippen molar-refractivity contribution in [1.29, 1.82) is 0 Å². The second-order valence-electron chi connectivity index (χ2n) is 6.61. The molecule has 0 saturated carbocycles. The fourth-order valence-corrected chi connectivity index (χ4v) is 4.63. The Balaban J connectivity index is 1.66. The van der Waals surface area contributed by atoms with Crippen molar-refractivity contribution in [2.75, 3.05) is 24.5 Å². The number of likely N-dealkylation sites (tertiary alicyclic amines) is 1. The summed E-state index contributed by atoms with van der Waals surface area (Å²) in [5.41, 5.74) is 1.66. The van der Waals surface area contributed by atoms with Gasteiger partial charge in [-0.05, 0) is 48.7 Å². The van der Waals surface area contributed by atoms with Gasteiger partial charge < -0.3 is 4.90 Å². The summed E-state index contributed by atoms with van der Waals surface area (Å²) in [6.45, 7) is 1.63. The van der Waals surface area contributed by atoms with Gasteiger partial charge >= 0.3 is 0 Å². The molecule has 27 heavy (non-hydrogen) atoms. The van der Waals surface area contributed by atoms with Gasteiger partial charge in [-0.15, -0.1) is 0 Å². The highest BCUT2D eigenvalue weighted by Crippen LogP contribution is 2.42. The molecule has 2 aliphatic heterocycles. The molecular formula is C21H19ClN2O2S. The number of anilines is 1. The Morgan fingerprint density at radius 3 is 2.67 bits per heavy atom. The van der Waals surface area contributed by atoms with Crippen LogP contribution in [0.5, 0.6) is 0 Å². The molecule has 0 bridgehead atoms. The lowest BCUT2D eigenvalue weighted by molar-refractivity contribution is -0.130. The van der Waals surface area contributed by atoms with Gasteiger partial charge in [-0.25, -0.2) is 0 Å². The fraction of sp³-hybridized carbons (Fsp3) is 0.238. The number of nitrogens with zero attached hydrogens (tertiary/aromatic N) is 2. The number of carbonyl (C=O) groups is 2. The summed E-state index contributed by atoms with van der Waals surface area (Å²) in [4.78, 5) is 30.8. The number of rotatable bonds is 3. The maximum absolute atomic E-state index is 13.2. The average molecular weight is 399 g/mol. The first-order valence-corrected chi connectivity index (χ1v) is 10.1. The number of halogens is 1. The molecule has 2 amide bonds. The Bertz CT molecular complexity index is 922. The van der Waals surface area contributed by atoms with Crippen molar-refractivity contribution in [1.82, 2.24) is 4.90 Å². The van der Waals surface area contributed by atoms with E-state index in [9.17, 15) is 9.59 Å². The van der Waals surface area contributed by atoms with Crippen LogP contribution in [0.25, 0.3) is 6.08 Å². The van der Waals surface area contributed by atoms with E-state index in [-0.39, 0.29) is 18.4 Å². The van der Waals surface area contributed by atoms with Crippen molar-refractivity contribution >= 4 is 46.9 Å². The SMILES string of the molecule is O=C(CN1C(=O)C(=Cc2cccc(Cl)c2)Sc2ccccc21)N1CCCC1. The summed E-state index contributed by atoms with van der Waals surface area (Å²) in [7, 11) is 0. The molecule has 0 unspecified atom stereocenters. The molecule has 138 valence electrons. The molecule has 2 aliphatic rings. The van der Waals surface area contributed by atoms with Crippen molar-refractivity contribution in [2.45, 2.75) is 17.7 Å². The van der Waals surface area contributed by atoms with Gasteiger partial charge in [0.15, 0.2) is 0 Å². The molecule has 4 rings (SSSR count). The number of benzene rings is 2. The molecule has 4 nitrogen and oxygen atoms in total. The van der Waals surface area contributed by atoms with Crippen LogP contribution in [-0.2, 0) is 9.59 Å². The highest BCUT2D eigenvalue weighted by molar-refractivity contribution is 8.04. The molecule has 2 heterocycles. The molecule has 1 fully saturated rings. The van der Waals surface area contributed by atoms with E-state index in [1.807, 2.05) is 53.4 Å². The third-order valence-corrected chi connectivity index (χ3v) is 6.04. The number of hydrogen-bond donors (Lipinski definition) is 0. The molecule has 0 spiro atoms. The van der Waals surface area contributed by atoms with E-state index in [1.54, 1.807) is 11.0 Å². The Morgan fingerprint density at radius 2 is 1.89 bits per heavy atom. The van der Waals surface area contributed by atoms with Crippen LogP contribution in [0, 0.1) is 0 Å². The van der Waals surface area contributed by atoms with Crippen LogP contribution < -0.4 is 4.90 Å². The average Bonchev–Trinajstić information content (AvgIpc) is 3.20. The first kappa shape index (κ1) is 18.1. The van der Waals surface area contributed by atoms with Crippen LogP contribution in [0.3, 0.4) is 0 Å². The highest BCUT2D eigenvalue weighted by Gasteiger charge is 2.32. The first-order valence-electron chi connectivity index (χ1n) is 8.95. The summed E-state index contributed by atoms with van der Waals surface area (Å²) >= 11 is 7.50. The Hall–Kier alpha value is -2.24. The van der Waals surface area contributed by atoms with Gasteiger partial charge in [0.25, 0.3) is 5.91 Å². The number of fused-ring (bicyclic) bond motifs is 1. The normalized spacial score (nSPS) is 18.1. The maximum atomic E-state index is 13.2. The third kappa shape index (κ3) is 3.89. The van der Waals surface area contributed by atoms with Crippen molar-refractivity contribution in [3.05, 3.63) is 64.0 Å². The molecule has 0 aliphatic carbocycles. The van der Waals surface area contributed by atoms with Crippen LogP contribution in [0.4, 0.5) is 5.69 Å². The molecule has 6 heteroatoms. The number of para-hydroxylation sites is 1. The smallest absolute Gasteiger partial charge is 0.265 e. The summed E-state index contributed by atoms with van der Waals surface area (Å²) in [6, 6.07) is 15.1. The van der Waals surface area contributed by atoms with E-state index in [0.717, 1.165) is 42.1 Å². The van der Waals surface area contributed by atoms with E-state index < -0.39 is 0 Å². The maximum Gasteiger partial charge on any atom is 0.265 e. The van der Waals surface area contributed by atoms with Gasteiger partial charge in [-0.2, -0.15) is 0 Å². The fourth-order valence-electron chi connectivity index (χ4n) is 3.37. The molecule has 2 aromatic rings. The molecule has 0 aromatic heterocycles. The van der Waals surface area contributed by atoms with Crippen LogP contribution in [0.2, 0.25) is 5.02 Å². The van der Waals surface area contributed by atoms with E-state index >= 15 is 0 Å². The lowest BCUT2D eigenvalue weighted by Gasteiger charge is -2.31. The van der Waals surface area contributed by atoms with E-state index in [1.165, 1.54) is 11.8 Å². The van der Waals surface area contributed by atoms with E-state index in [0.29, 0.717) is 9.93 Å². The second kappa shape index (κ2) is 7.79. The van der Waals surface area contributed by atoms with Gasteiger partial charge in [0.05, 0.1) is 10.6 Å². The Kier molecular flexibility index (Phi) is 5.23. The molecule has 0 N–H and O–H groups in total.